The molecular formula is C24H19ClN2O2. The van der Waals surface area contributed by atoms with Gasteiger partial charge in [-0.2, -0.15) is 0 Å². The fraction of sp³-hybridized carbons (Fsp3) is 0.167. The smallest absolute Gasteiger partial charge is 0.224 e. The van der Waals surface area contributed by atoms with Crippen molar-refractivity contribution in [1.29, 1.82) is 0 Å². The van der Waals surface area contributed by atoms with Crippen LogP contribution in [-0.4, -0.2) is 10.9 Å². The van der Waals surface area contributed by atoms with Gasteiger partial charge in [-0.3, -0.25) is 4.79 Å². The molecule has 1 aromatic heterocycles. The van der Waals surface area contributed by atoms with Gasteiger partial charge < -0.3 is 9.73 Å². The minimum atomic E-state index is -0.0545. The molecule has 5 rings (SSSR count). The second kappa shape index (κ2) is 7.37. The SMILES string of the molecule is O=C(CCc1ncc(-c2ccccc2Cl)o1)Nc1ccc2c3c(cccc13)CC2. The average molecular weight is 403 g/mol. The van der Waals surface area contributed by atoms with Crippen molar-refractivity contribution in [3.8, 4) is 11.3 Å². The number of halogens is 1. The Morgan fingerprint density at radius 2 is 1.86 bits per heavy atom. The zero-order chi connectivity index (χ0) is 19.8. The van der Waals surface area contributed by atoms with Gasteiger partial charge in [0, 0.05) is 29.5 Å². The van der Waals surface area contributed by atoms with E-state index in [1.807, 2.05) is 30.3 Å². The van der Waals surface area contributed by atoms with Gasteiger partial charge in [0.2, 0.25) is 5.91 Å². The Kier molecular flexibility index (Phi) is 4.57. The fourth-order valence-electron chi connectivity index (χ4n) is 4.00. The van der Waals surface area contributed by atoms with Gasteiger partial charge in [0.1, 0.15) is 0 Å². The van der Waals surface area contributed by atoms with E-state index in [1.54, 1.807) is 6.20 Å². The number of carbonyl (C=O) groups excluding carboxylic acids is 1. The number of rotatable bonds is 5. The van der Waals surface area contributed by atoms with Crippen LogP contribution in [0.15, 0.2) is 65.2 Å². The molecule has 1 heterocycles. The molecule has 0 aliphatic heterocycles. The largest absolute Gasteiger partial charge is 0.441 e. The van der Waals surface area contributed by atoms with Crippen molar-refractivity contribution >= 4 is 34.0 Å². The van der Waals surface area contributed by atoms with Crippen molar-refractivity contribution in [1.82, 2.24) is 4.98 Å². The van der Waals surface area contributed by atoms with Gasteiger partial charge in [-0.1, -0.05) is 48.0 Å². The van der Waals surface area contributed by atoms with Crippen molar-refractivity contribution in [2.24, 2.45) is 0 Å². The van der Waals surface area contributed by atoms with Gasteiger partial charge in [0.05, 0.1) is 11.2 Å². The number of hydrogen-bond acceptors (Lipinski definition) is 3. The van der Waals surface area contributed by atoms with Crippen LogP contribution in [0.3, 0.4) is 0 Å². The van der Waals surface area contributed by atoms with E-state index in [0.717, 1.165) is 29.5 Å². The van der Waals surface area contributed by atoms with Gasteiger partial charge in [-0.25, -0.2) is 4.98 Å². The lowest BCUT2D eigenvalue weighted by molar-refractivity contribution is -0.116. The first-order valence-electron chi connectivity index (χ1n) is 9.72. The molecule has 1 amide bonds. The fourth-order valence-corrected chi connectivity index (χ4v) is 4.23. The number of oxazole rings is 1. The molecule has 0 saturated heterocycles. The van der Waals surface area contributed by atoms with E-state index in [-0.39, 0.29) is 5.91 Å². The van der Waals surface area contributed by atoms with Gasteiger partial charge >= 0.3 is 0 Å². The number of anilines is 1. The molecule has 0 radical (unpaired) electrons. The summed E-state index contributed by atoms with van der Waals surface area (Å²) in [5, 5.41) is 6.07. The van der Waals surface area contributed by atoms with E-state index in [2.05, 4.69) is 34.6 Å². The highest BCUT2D eigenvalue weighted by Gasteiger charge is 2.17. The standard InChI is InChI=1S/C24H19ClN2O2/c25-19-7-2-1-5-17(19)21-14-26-23(29-21)13-12-22(28)27-20-11-10-16-9-8-15-4-3-6-18(20)24(15)16/h1-7,10-11,14H,8-9,12-13H2,(H,27,28). The quantitative estimate of drug-likeness (QED) is 0.457. The third-order valence-electron chi connectivity index (χ3n) is 5.41. The minimum Gasteiger partial charge on any atom is -0.441 e. The van der Waals surface area contributed by atoms with Gasteiger partial charge in [0.15, 0.2) is 11.7 Å². The molecule has 5 heteroatoms. The normalized spacial score (nSPS) is 12.4. The lowest BCUT2D eigenvalue weighted by Gasteiger charge is -2.10. The van der Waals surface area contributed by atoms with Gasteiger partial charge in [-0.05, 0) is 47.6 Å². The average Bonchev–Trinajstić information content (AvgIpc) is 3.37. The molecule has 29 heavy (non-hydrogen) atoms. The maximum Gasteiger partial charge on any atom is 0.224 e. The predicted molar refractivity (Wildman–Crippen MR) is 115 cm³/mol. The number of nitrogens with zero attached hydrogens (tertiary/aromatic N) is 1. The van der Waals surface area contributed by atoms with E-state index in [0.29, 0.717) is 29.5 Å². The second-order valence-corrected chi connectivity index (χ2v) is 7.67. The molecule has 0 spiro atoms. The molecule has 1 aliphatic rings. The Bertz CT molecular complexity index is 1220. The zero-order valence-corrected chi connectivity index (χ0v) is 16.5. The summed E-state index contributed by atoms with van der Waals surface area (Å²) in [6.07, 6.45) is 4.52. The molecular weight excluding hydrogens is 384 g/mol. The van der Waals surface area contributed by atoms with Crippen LogP contribution in [0.25, 0.3) is 22.1 Å². The highest BCUT2D eigenvalue weighted by Crippen LogP contribution is 2.35. The van der Waals surface area contributed by atoms with E-state index in [9.17, 15) is 4.79 Å². The molecule has 0 fully saturated rings. The molecule has 0 saturated carbocycles. The Balaban J connectivity index is 1.28. The summed E-state index contributed by atoms with van der Waals surface area (Å²) in [6.45, 7) is 0. The molecule has 1 aliphatic carbocycles. The maximum absolute atomic E-state index is 12.5. The summed E-state index contributed by atoms with van der Waals surface area (Å²) in [6, 6.07) is 17.9. The lowest BCUT2D eigenvalue weighted by atomic mass is 10.0. The molecule has 0 bridgehead atoms. The monoisotopic (exact) mass is 402 g/mol. The summed E-state index contributed by atoms with van der Waals surface area (Å²) in [4.78, 5) is 16.8. The van der Waals surface area contributed by atoms with Crippen LogP contribution < -0.4 is 5.32 Å². The summed E-state index contributed by atoms with van der Waals surface area (Å²) >= 11 is 6.21. The first kappa shape index (κ1) is 18.0. The summed E-state index contributed by atoms with van der Waals surface area (Å²) in [5.74, 6) is 1.08. The first-order chi connectivity index (χ1) is 14.2. The number of amides is 1. The number of benzene rings is 3. The summed E-state index contributed by atoms with van der Waals surface area (Å²) in [7, 11) is 0. The van der Waals surface area contributed by atoms with Crippen molar-refractivity contribution in [2.75, 3.05) is 5.32 Å². The van der Waals surface area contributed by atoms with E-state index < -0.39 is 0 Å². The van der Waals surface area contributed by atoms with Gasteiger partial charge in [0.25, 0.3) is 0 Å². The Morgan fingerprint density at radius 1 is 1.03 bits per heavy atom. The number of carbonyl (C=O) groups is 1. The highest BCUT2D eigenvalue weighted by molar-refractivity contribution is 6.33. The van der Waals surface area contributed by atoms with Crippen LogP contribution in [-0.2, 0) is 24.1 Å². The second-order valence-electron chi connectivity index (χ2n) is 7.26. The van der Waals surface area contributed by atoms with Crippen LogP contribution in [0, 0.1) is 0 Å². The van der Waals surface area contributed by atoms with E-state index in [4.69, 9.17) is 16.0 Å². The zero-order valence-electron chi connectivity index (χ0n) is 15.7. The topological polar surface area (TPSA) is 55.1 Å². The summed E-state index contributed by atoms with van der Waals surface area (Å²) < 4.78 is 5.79. The third-order valence-corrected chi connectivity index (χ3v) is 5.74. The Labute approximate surface area is 173 Å². The molecule has 0 unspecified atom stereocenters. The minimum absolute atomic E-state index is 0.0545. The lowest BCUT2D eigenvalue weighted by Crippen LogP contribution is -2.12. The first-order valence-corrected chi connectivity index (χ1v) is 10.1. The number of hydrogen-bond donors (Lipinski definition) is 1. The molecule has 3 aromatic carbocycles. The van der Waals surface area contributed by atoms with Crippen molar-refractivity contribution in [3.05, 3.63) is 82.8 Å². The summed E-state index contributed by atoms with van der Waals surface area (Å²) in [5.41, 5.74) is 4.38. The van der Waals surface area contributed by atoms with Crippen molar-refractivity contribution in [3.63, 3.8) is 0 Å². The van der Waals surface area contributed by atoms with Crippen LogP contribution in [0.5, 0.6) is 0 Å². The van der Waals surface area contributed by atoms with E-state index >= 15 is 0 Å². The molecule has 0 atom stereocenters. The van der Waals surface area contributed by atoms with E-state index in [1.165, 1.54) is 16.5 Å². The Morgan fingerprint density at radius 3 is 2.72 bits per heavy atom. The maximum atomic E-state index is 12.5. The van der Waals surface area contributed by atoms with Crippen LogP contribution >= 0.6 is 11.6 Å². The Hall–Kier alpha value is -3.11. The highest BCUT2D eigenvalue weighted by atomic mass is 35.5. The number of aryl methyl sites for hydroxylation is 3. The number of nitrogens with one attached hydrogen (secondary N) is 1. The third kappa shape index (κ3) is 3.40. The van der Waals surface area contributed by atoms with Crippen molar-refractivity contribution in [2.45, 2.75) is 25.7 Å². The van der Waals surface area contributed by atoms with Crippen LogP contribution in [0.2, 0.25) is 5.02 Å². The van der Waals surface area contributed by atoms with Crippen LogP contribution in [0.1, 0.15) is 23.4 Å². The predicted octanol–water partition coefficient (Wildman–Crippen LogP) is 5.82. The van der Waals surface area contributed by atoms with Crippen molar-refractivity contribution < 1.29 is 9.21 Å². The molecule has 4 nitrogen and oxygen atoms in total. The molecule has 144 valence electrons. The number of aromatic nitrogens is 1. The molecule has 4 aromatic rings. The van der Waals surface area contributed by atoms with Crippen LogP contribution in [0.4, 0.5) is 5.69 Å². The molecule has 1 N–H and O–H groups in total. The van der Waals surface area contributed by atoms with Gasteiger partial charge in [-0.15, -0.1) is 0 Å².